The van der Waals surface area contributed by atoms with Gasteiger partial charge in [-0.15, -0.1) is 0 Å². The number of hydrogen-bond acceptors (Lipinski definition) is 5. The normalized spacial score (nSPS) is 22.0. The average molecular weight is 435 g/mol. The molecule has 0 N–H and O–H groups in total. The summed E-state index contributed by atoms with van der Waals surface area (Å²) in [7, 11) is 1.61. The molecule has 6 nitrogen and oxygen atoms in total. The molecule has 158 valence electrons. The number of ether oxygens (including phenoxy) is 2. The number of hydrogen-bond donors (Lipinski definition) is 0. The fourth-order valence-electron chi connectivity index (χ4n) is 4.50. The van der Waals surface area contributed by atoms with E-state index in [9.17, 15) is 4.79 Å². The quantitative estimate of drug-likeness (QED) is 0.536. The standard InChI is InChI=1S/C24H22N2O4S/c1-15-7-4-8-16(13-15)26-23(31)25(22(27)20-11-6-12-29-20)18-14-24(26,2)30-21-17(18)9-5-10-19(21)28-3/h4-13,18H,14H2,1-3H3/t18-,24+/m1/s1. The summed E-state index contributed by atoms with van der Waals surface area (Å²) >= 11 is 5.92. The second-order valence-corrected chi connectivity index (χ2v) is 8.35. The van der Waals surface area contributed by atoms with Gasteiger partial charge in [-0.1, -0.05) is 24.3 Å². The van der Waals surface area contributed by atoms with E-state index < -0.39 is 5.72 Å². The van der Waals surface area contributed by atoms with Gasteiger partial charge in [0.2, 0.25) is 0 Å². The van der Waals surface area contributed by atoms with Gasteiger partial charge in [-0.3, -0.25) is 14.6 Å². The lowest BCUT2D eigenvalue weighted by Crippen LogP contribution is -2.67. The van der Waals surface area contributed by atoms with Gasteiger partial charge in [0.1, 0.15) is 0 Å². The molecule has 2 aliphatic heterocycles. The van der Waals surface area contributed by atoms with Gasteiger partial charge in [-0.2, -0.15) is 0 Å². The van der Waals surface area contributed by atoms with E-state index in [1.54, 1.807) is 24.1 Å². The molecular weight excluding hydrogens is 412 g/mol. The molecule has 5 rings (SSSR count). The van der Waals surface area contributed by atoms with Gasteiger partial charge < -0.3 is 13.9 Å². The number of para-hydroxylation sites is 1. The number of carbonyl (C=O) groups excluding carboxylic acids is 1. The lowest BCUT2D eigenvalue weighted by Gasteiger charge is -2.55. The number of benzene rings is 2. The Balaban J connectivity index is 1.72. The first-order valence-electron chi connectivity index (χ1n) is 10.1. The molecule has 2 atom stereocenters. The number of anilines is 1. The Bertz CT molecular complexity index is 1180. The summed E-state index contributed by atoms with van der Waals surface area (Å²) in [5.41, 5.74) is 2.02. The van der Waals surface area contributed by atoms with Crippen molar-refractivity contribution in [2.45, 2.75) is 32.0 Å². The van der Waals surface area contributed by atoms with Crippen LogP contribution < -0.4 is 14.4 Å². The molecule has 0 spiro atoms. The summed E-state index contributed by atoms with van der Waals surface area (Å²) in [6.07, 6.45) is 2.03. The number of carbonyl (C=O) groups is 1. The SMILES string of the molecule is COc1cccc2c1O[C@@]1(C)C[C@H]2N(C(=O)c2ccco2)C(=S)N1c1cccc(C)c1. The third kappa shape index (κ3) is 2.99. The number of amides is 1. The first-order valence-corrected chi connectivity index (χ1v) is 10.5. The van der Waals surface area contributed by atoms with E-state index in [2.05, 4.69) is 0 Å². The molecule has 0 unspecified atom stereocenters. The number of nitrogens with zero attached hydrogens (tertiary/aromatic N) is 2. The fourth-order valence-corrected chi connectivity index (χ4v) is 5.01. The van der Waals surface area contributed by atoms with Gasteiger partial charge in [0.15, 0.2) is 28.1 Å². The largest absolute Gasteiger partial charge is 0.493 e. The summed E-state index contributed by atoms with van der Waals surface area (Å²) in [4.78, 5) is 17.1. The van der Waals surface area contributed by atoms with Crippen molar-refractivity contribution in [2.24, 2.45) is 0 Å². The average Bonchev–Trinajstić information content (AvgIpc) is 3.28. The zero-order valence-electron chi connectivity index (χ0n) is 17.5. The Morgan fingerprint density at radius 2 is 2.00 bits per heavy atom. The van der Waals surface area contributed by atoms with E-state index in [1.165, 1.54) is 6.26 Å². The molecule has 31 heavy (non-hydrogen) atoms. The Morgan fingerprint density at radius 1 is 1.19 bits per heavy atom. The Hall–Kier alpha value is -3.32. The lowest BCUT2D eigenvalue weighted by atomic mass is 9.88. The lowest BCUT2D eigenvalue weighted by molar-refractivity contribution is 0.0152. The third-order valence-corrected chi connectivity index (χ3v) is 6.25. The van der Waals surface area contributed by atoms with Crippen LogP contribution in [-0.2, 0) is 0 Å². The molecule has 7 heteroatoms. The highest BCUT2D eigenvalue weighted by Crippen LogP contribution is 2.52. The second kappa shape index (κ2) is 7.13. The number of aryl methyl sites for hydroxylation is 1. The van der Waals surface area contributed by atoms with Crippen LogP contribution in [0.25, 0.3) is 0 Å². The van der Waals surface area contributed by atoms with Crippen molar-refractivity contribution < 1.29 is 18.7 Å². The molecule has 3 aromatic rings. The minimum Gasteiger partial charge on any atom is -0.493 e. The molecule has 2 bridgehead atoms. The first-order chi connectivity index (χ1) is 14.9. The highest BCUT2D eigenvalue weighted by Gasteiger charge is 2.54. The Morgan fingerprint density at radius 3 is 2.71 bits per heavy atom. The Kier molecular flexibility index (Phi) is 4.51. The van der Waals surface area contributed by atoms with Gasteiger partial charge in [0.05, 0.1) is 19.4 Å². The van der Waals surface area contributed by atoms with E-state index in [1.807, 2.05) is 61.2 Å². The molecule has 0 aliphatic carbocycles. The zero-order valence-corrected chi connectivity index (χ0v) is 18.3. The summed E-state index contributed by atoms with van der Waals surface area (Å²) < 4.78 is 17.6. The minimum atomic E-state index is -0.795. The highest BCUT2D eigenvalue weighted by molar-refractivity contribution is 7.80. The van der Waals surface area contributed by atoms with Gasteiger partial charge >= 0.3 is 0 Å². The molecule has 0 saturated carbocycles. The van der Waals surface area contributed by atoms with Gasteiger partial charge in [0, 0.05) is 17.7 Å². The van der Waals surface area contributed by atoms with Crippen LogP contribution >= 0.6 is 12.2 Å². The van der Waals surface area contributed by atoms with Crippen LogP contribution in [0.3, 0.4) is 0 Å². The molecule has 2 aromatic carbocycles. The summed E-state index contributed by atoms with van der Waals surface area (Å²) in [5.74, 6) is 1.21. The maximum atomic E-state index is 13.5. The van der Waals surface area contributed by atoms with Crippen molar-refractivity contribution >= 4 is 28.9 Å². The number of rotatable bonds is 3. The number of furan rings is 1. The number of thiocarbonyl (C=S) groups is 1. The minimum absolute atomic E-state index is 0.242. The van der Waals surface area contributed by atoms with Crippen molar-refractivity contribution in [3.63, 3.8) is 0 Å². The monoisotopic (exact) mass is 434 g/mol. The highest BCUT2D eigenvalue weighted by atomic mass is 32.1. The van der Waals surface area contributed by atoms with Gasteiger partial charge in [0.25, 0.3) is 5.91 Å². The molecule has 1 saturated heterocycles. The maximum Gasteiger partial charge on any atom is 0.296 e. The molecule has 0 radical (unpaired) electrons. The Labute approximate surface area is 186 Å². The van der Waals surface area contributed by atoms with Crippen LogP contribution in [0.5, 0.6) is 11.5 Å². The van der Waals surface area contributed by atoms with Crippen LogP contribution in [0.1, 0.15) is 41.1 Å². The van der Waals surface area contributed by atoms with Crippen LogP contribution in [0.15, 0.2) is 65.3 Å². The van der Waals surface area contributed by atoms with Crippen molar-refractivity contribution in [3.05, 3.63) is 77.7 Å². The molecule has 1 amide bonds. The number of methoxy groups -OCH3 is 1. The van der Waals surface area contributed by atoms with Crippen LogP contribution in [0.2, 0.25) is 0 Å². The van der Waals surface area contributed by atoms with Gasteiger partial charge in [-0.25, -0.2) is 0 Å². The van der Waals surface area contributed by atoms with Crippen molar-refractivity contribution in [1.82, 2.24) is 4.90 Å². The topological polar surface area (TPSA) is 55.2 Å². The van der Waals surface area contributed by atoms with Crippen LogP contribution in [-0.4, -0.2) is 28.8 Å². The smallest absolute Gasteiger partial charge is 0.296 e. The fraction of sp³-hybridized carbons (Fsp3) is 0.250. The molecule has 3 heterocycles. The van der Waals surface area contributed by atoms with Crippen LogP contribution in [0.4, 0.5) is 5.69 Å². The third-order valence-electron chi connectivity index (χ3n) is 5.87. The first kappa shape index (κ1) is 19.6. The molecule has 2 aliphatic rings. The summed E-state index contributed by atoms with van der Waals surface area (Å²) in [6, 6.07) is 16.8. The summed E-state index contributed by atoms with van der Waals surface area (Å²) in [5, 5.41) is 0.374. The van der Waals surface area contributed by atoms with E-state index in [0.29, 0.717) is 23.0 Å². The van der Waals surface area contributed by atoms with E-state index >= 15 is 0 Å². The van der Waals surface area contributed by atoms with Crippen LogP contribution in [0, 0.1) is 6.92 Å². The van der Waals surface area contributed by atoms with Crippen molar-refractivity contribution in [2.75, 3.05) is 12.0 Å². The zero-order chi connectivity index (χ0) is 21.8. The maximum absolute atomic E-state index is 13.5. The number of fused-ring (bicyclic) bond motifs is 4. The van der Waals surface area contributed by atoms with Gasteiger partial charge in [-0.05, 0) is 62.0 Å². The second-order valence-electron chi connectivity index (χ2n) is 7.99. The van der Waals surface area contributed by atoms with E-state index in [4.69, 9.17) is 26.1 Å². The van der Waals surface area contributed by atoms with Crippen molar-refractivity contribution in [3.8, 4) is 11.5 Å². The van der Waals surface area contributed by atoms with Crippen molar-refractivity contribution in [1.29, 1.82) is 0 Å². The predicted octanol–water partition coefficient (Wildman–Crippen LogP) is 5.08. The predicted molar refractivity (Wildman–Crippen MR) is 121 cm³/mol. The van der Waals surface area contributed by atoms with E-state index in [-0.39, 0.29) is 17.7 Å². The van der Waals surface area contributed by atoms with E-state index in [0.717, 1.165) is 16.8 Å². The summed E-state index contributed by atoms with van der Waals surface area (Å²) in [6.45, 7) is 4.02. The molecular formula is C24H22N2O4S. The molecule has 1 aromatic heterocycles. The molecule has 1 fully saturated rings.